The van der Waals surface area contributed by atoms with Crippen molar-refractivity contribution < 1.29 is 22.8 Å². The summed E-state index contributed by atoms with van der Waals surface area (Å²) in [5.41, 5.74) is 2.20. The molecule has 3 amide bonds. The minimum atomic E-state index is -4.52. The van der Waals surface area contributed by atoms with E-state index in [4.69, 9.17) is 0 Å². The van der Waals surface area contributed by atoms with Gasteiger partial charge in [-0.25, -0.2) is 4.79 Å². The number of rotatable bonds is 7. The van der Waals surface area contributed by atoms with Gasteiger partial charge >= 0.3 is 12.2 Å². The minimum Gasteiger partial charge on any atom is -0.329 e. The smallest absolute Gasteiger partial charge is 0.329 e. The molecule has 0 spiro atoms. The Morgan fingerprint density at radius 2 is 1.72 bits per heavy atom. The maximum atomic E-state index is 12.0. The Labute approximate surface area is 145 Å². The van der Waals surface area contributed by atoms with Crippen molar-refractivity contribution in [3.63, 3.8) is 0 Å². The fraction of sp³-hybridized carbons (Fsp3) is 0.529. The number of carbonyl (C=O) groups excluding carboxylic acids is 2. The molecule has 0 unspecified atom stereocenters. The molecular weight excluding hydrogens is 335 g/mol. The summed E-state index contributed by atoms with van der Waals surface area (Å²) in [6.07, 6.45) is -3.60. The highest BCUT2D eigenvalue weighted by atomic mass is 19.4. The molecule has 5 nitrogen and oxygen atoms in total. The zero-order valence-corrected chi connectivity index (χ0v) is 14.5. The highest BCUT2D eigenvalue weighted by Gasteiger charge is 2.28. The summed E-state index contributed by atoms with van der Waals surface area (Å²) < 4.78 is 36.0. The van der Waals surface area contributed by atoms with Crippen LogP contribution in [0.2, 0.25) is 0 Å². The zero-order chi connectivity index (χ0) is 19.0. The molecule has 0 aliphatic heterocycles. The summed E-state index contributed by atoms with van der Waals surface area (Å²) in [6.45, 7) is 4.36. The standard InChI is InChI=1S/C17H24F3N3O2/c1-4-12-5-7-13(8-6-12)15(11(2)3)21-9-14(24)23-16(25)22-10-17(18,19)20/h5-8,11,15,21H,4,9-10H2,1-3H3,(H2,22,23,24,25)/t15-/m1/s1. The predicted molar refractivity (Wildman–Crippen MR) is 89.0 cm³/mol. The second-order valence-electron chi connectivity index (χ2n) is 6.04. The Morgan fingerprint density at radius 3 is 2.20 bits per heavy atom. The van der Waals surface area contributed by atoms with Crippen LogP contribution in [-0.4, -0.2) is 31.2 Å². The van der Waals surface area contributed by atoms with Gasteiger partial charge in [-0.15, -0.1) is 0 Å². The first-order valence-electron chi connectivity index (χ1n) is 8.09. The lowest BCUT2D eigenvalue weighted by molar-refractivity contribution is -0.124. The van der Waals surface area contributed by atoms with E-state index in [1.165, 1.54) is 5.56 Å². The molecule has 0 aliphatic rings. The van der Waals surface area contributed by atoms with Crippen LogP contribution < -0.4 is 16.0 Å². The van der Waals surface area contributed by atoms with E-state index < -0.39 is 24.7 Å². The molecule has 25 heavy (non-hydrogen) atoms. The first-order chi connectivity index (χ1) is 11.6. The third-order valence-electron chi connectivity index (χ3n) is 3.60. The summed E-state index contributed by atoms with van der Waals surface area (Å²) >= 11 is 0. The molecule has 140 valence electrons. The van der Waals surface area contributed by atoms with Crippen molar-refractivity contribution >= 4 is 11.9 Å². The van der Waals surface area contributed by atoms with Crippen molar-refractivity contribution in [1.29, 1.82) is 0 Å². The molecule has 1 atom stereocenters. The molecule has 0 radical (unpaired) electrons. The van der Waals surface area contributed by atoms with Crippen molar-refractivity contribution in [2.24, 2.45) is 5.92 Å². The van der Waals surface area contributed by atoms with E-state index in [1.807, 2.05) is 43.4 Å². The van der Waals surface area contributed by atoms with Gasteiger partial charge in [-0.05, 0) is 23.5 Å². The van der Waals surface area contributed by atoms with Gasteiger partial charge in [-0.3, -0.25) is 10.1 Å². The van der Waals surface area contributed by atoms with Crippen LogP contribution in [0.5, 0.6) is 0 Å². The van der Waals surface area contributed by atoms with Gasteiger partial charge in [0.25, 0.3) is 0 Å². The Balaban J connectivity index is 2.53. The van der Waals surface area contributed by atoms with Crippen LogP contribution in [0.25, 0.3) is 0 Å². The summed E-state index contributed by atoms with van der Waals surface area (Å²) in [4.78, 5) is 23.0. The van der Waals surface area contributed by atoms with E-state index in [2.05, 4.69) is 12.2 Å². The number of hydrogen-bond acceptors (Lipinski definition) is 3. The SMILES string of the molecule is CCc1ccc([C@H](NCC(=O)NC(=O)NCC(F)(F)F)C(C)C)cc1. The first-order valence-corrected chi connectivity index (χ1v) is 8.09. The number of urea groups is 1. The molecule has 8 heteroatoms. The maximum Gasteiger partial charge on any atom is 0.405 e. The van der Waals surface area contributed by atoms with E-state index in [1.54, 1.807) is 5.32 Å². The second kappa shape index (κ2) is 9.41. The van der Waals surface area contributed by atoms with Crippen LogP contribution in [0.1, 0.15) is 37.9 Å². The number of alkyl halides is 3. The molecule has 1 aromatic rings. The fourth-order valence-corrected chi connectivity index (χ4v) is 2.30. The molecule has 0 saturated carbocycles. The van der Waals surface area contributed by atoms with Gasteiger partial charge < -0.3 is 10.6 Å². The molecule has 3 N–H and O–H groups in total. The van der Waals surface area contributed by atoms with Gasteiger partial charge in [0.1, 0.15) is 6.54 Å². The van der Waals surface area contributed by atoms with Crippen LogP contribution in [0.4, 0.5) is 18.0 Å². The van der Waals surface area contributed by atoms with Crippen molar-refractivity contribution in [2.75, 3.05) is 13.1 Å². The molecule has 0 aliphatic carbocycles. The normalized spacial score (nSPS) is 12.8. The number of hydrogen-bond donors (Lipinski definition) is 3. The summed E-state index contributed by atoms with van der Waals surface area (Å²) in [5.74, 6) is -0.519. The highest BCUT2D eigenvalue weighted by Crippen LogP contribution is 2.22. The van der Waals surface area contributed by atoms with Gasteiger partial charge in [0.2, 0.25) is 5.91 Å². The van der Waals surface area contributed by atoms with Crippen LogP contribution in [0, 0.1) is 5.92 Å². The summed E-state index contributed by atoms with van der Waals surface area (Å²) in [7, 11) is 0. The number of nitrogens with one attached hydrogen (secondary N) is 3. The van der Waals surface area contributed by atoms with Crippen LogP contribution in [-0.2, 0) is 11.2 Å². The van der Waals surface area contributed by atoms with E-state index in [9.17, 15) is 22.8 Å². The molecule has 1 rings (SSSR count). The number of aryl methyl sites for hydroxylation is 1. The molecule has 0 bridgehead atoms. The molecule has 0 fully saturated rings. The molecule has 1 aromatic carbocycles. The third kappa shape index (κ3) is 8.02. The molecule has 0 heterocycles. The molecule has 0 saturated heterocycles. The fourth-order valence-electron chi connectivity index (χ4n) is 2.30. The van der Waals surface area contributed by atoms with E-state index >= 15 is 0 Å². The molecular formula is C17H24F3N3O2. The zero-order valence-electron chi connectivity index (χ0n) is 14.5. The van der Waals surface area contributed by atoms with Gasteiger partial charge in [0.15, 0.2) is 0 Å². The van der Waals surface area contributed by atoms with Crippen molar-refractivity contribution in [2.45, 2.75) is 39.4 Å². The quantitative estimate of drug-likeness (QED) is 0.701. The van der Waals surface area contributed by atoms with E-state index in [0.717, 1.165) is 12.0 Å². The topological polar surface area (TPSA) is 70.2 Å². The number of amides is 3. The minimum absolute atomic E-state index is 0.116. The van der Waals surface area contributed by atoms with E-state index in [-0.39, 0.29) is 18.5 Å². The Kier molecular flexibility index (Phi) is 7.89. The Morgan fingerprint density at radius 1 is 1.12 bits per heavy atom. The van der Waals surface area contributed by atoms with Crippen LogP contribution >= 0.6 is 0 Å². The predicted octanol–water partition coefficient (Wildman–Crippen LogP) is 2.92. The average Bonchev–Trinajstić information content (AvgIpc) is 2.52. The van der Waals surface area contributed by atoms with Gasteiger partial charge in [-0.1, -0.05) is 45.0 Å². The van der Waals surface area contributed by atoms with Crippen molar-refractivity contribution in [3.05, 3.63) is 35.4 Å². The van der Waals surface area contributed by atoms with Crippen LogP contribution in [0.3, 0.4) is 0 Å². The number of carbonyl (C=O) groups is 2. The first kappa shape index (κ1) is 21.0. The Bertz CT molecular complexity index is 571. The van der Waals surface area contributed by atoms with Gasteiger partial charge in [0, 0.05) is 6.04 Å². The summed E-state index contributed by atoms with van der Waals surface area (Å²) in [5, 5.41) is 6.49. The van der Waals surface area contributed by atoms with Crippen LogP contribution in [0.15, 0.2) is 24.3 Å². The lowest BCUT2D eigenvalue weighted by Gasteiger charge is -2.23. The lowest BCUT2D eigenvalue weighted by atomic mass is 9.95. The maximum absolute atomic E-state index is 12.0. The third-order valence-corrected chi connectivity index (χ3v) is 3.60. The van der Waals surface area contributed by atoms with E-state index in [0.29, 0.717) is 0 Å². The second-order valence-corrected chi connectivity index (χ2v) is 6.04. The lowest BCUT2D eigenvalue weighted by Crippen LogP contribution is -2.46. The largest absolute Gasteiger partial charge is 0.405 e. The number of imide groups is 1. The van der Waals surface area contributed by atoms with Crippen molar-refractivity contribution in [3.8, 4) is 0 Å². The summed E-state index contributed by atoms with van der Waals surface area (Å²) in [6, 6.07) is 6.69. The van der Waals surface area contributed by atoms with Gasteiger partial charge in [0.05, 0.1) is 6.54 Å². The monoisotopic (exact) mass is 359 g/mol. The number of halogens is 3. The molecule has 0 aromatic heterocycles. The Hall–Kier alpha value is -2.09. The average molecular weight is 359 g/mol. The number of benzene rings is 1. The highest BCUT2D eigenvalue weighted by molar-refractivity contribution is 5.95. The van der Waals surface area contributed by atoms with Gasteiger partial charge in [-0.2, -0.15) is 13.2 Å². The van der Waals surface area contributed by atoms with Crippen molar-refractivity contribution in [1.82, 2.24) is 16.0 Å².